The van der Waals surface area contributed by atoms with Crippen molar-refractivity contribution in [2.75, 3.05) is 26.2 Å². The molecule has 290 valence electrons. The molecule has 4 heterocycles. The van der Waals surface area contributed by atoms with Crippen molar-refractivity contribution in [3.8, 4) is 23.0 Å². The summed E-state index contributed by atoms with van der Waals surface area (Å²) in [5.41, 5.74) is -0.607. The van der Waals surface area contributed by atoms with Gasteiger partial charge < -0.3 is 23.9 Å². The highest BCUT2D eigenvalue weighted by molar-refractivity contribution is 6.58. The first-order chi connectivity index (χ1) is 26.7. The molecule has 1 saturated carbocycles. The van der Waals surface area contributed by atoms with E-state index in [1.807, 2.05) is 0 Å². The number of carbonyl (C=O) groups is 2. The average Bonchev–Trinajstić information content (AvgIpc) is 3.52. The largest absolute Gasteiger partial charge is 0.508 e. The number of rotatable bonds is 8. The van der Waals surface area contributed by atoms with Gasteiger partial charge in [-0.2, -0.15) is 0 Å². The number of anilines is 1. The molecule has 2 amide bonds. The zero-order chi connectivity index (χ0) is 40.0. The third-order valence-electron chi connectivity index (χ3n) is 11.0. The Labute approximate surface area is 326 Å². The second kappa shape index (κ2) is 13.1. The highest BCUT2D eigenvalue weighted by Gasteiger charge is 2.76. The Kier molecular flexibility index (Phi) is 8.69. The first-order valence-corrected chi connectivity index (χ1v) is 18.1. The van der Waals surface area contributed by atoms with E-state index in [1.165, 1.54) is 65.6 Å². The van der Waals surface area contributed by atoms with Crippen LogP contribution in [-0.2, 0) is 36.1 Å². The number of imide groups is 1. The van der Waals surface area contributed by atoms with Crippen LogP contribution in [0.5, 0.6) is 23.0 Å². The van der Waals surface area contributed by atoms with Gasteiger partial charge in [0.2, 0.25) is 0 Å². The van der Waals surface area contributed by atoms with Crippen LogP contribution in [-0.4, -0.2) is 71.5 Å². The van der Waals surface area contributed by atoms with E-state index in [2.05, 4.69) is 4.98 Å². The van der Waals surface area contributed by atoms with Crippen molar-refractivity contribution >= 4 is 51.7 Å². The summed E-state index contributed by atoms with van der Waals surface area (Å²) < 4.78 is 35.0. The molecule has 56 heavy (non-hydrogen) atoms. The molecular formula is C38H33Cl2FN6O9. The molecular weight excluding hydrogens is 774 g/mol. The molecule has 0 bridgehead atoms. The van der Waals surface area contributed by atoms with E-state index in [1.54, 1.807) is 25.3 Å². The molecule has 1 saturated heterocycles. The molecule has 0 spiro atoms. The monoisotopic (exact) mass is 806 g/mol. The molecule has 1 N–H and O–H groups in total. The summed E-state index contributed by atoms with van der Waals surface area (Å²) in [6.45, 7) is -0.408. The molecule has 4 atom stereocenters. The lowest BCUT2D eigenvalue weighted by Gasteiger charge is -2.49. The molecule has 15 nitrogen and oxygen atoms in total. The number of benzene rings is 3. The third-order valence-corrected chi connectivity index (χ3v) is 12.4. The van der Waals surface area contributed by atoms with E-state index in [-0.39, 0.29) is 48.0 Å². The smallest absolute Gasteiger partial charge is 0.347 e. The lowest BCUT2D eigenvalue weighted by atomic mass is 9.64. The molecule has 2 aromatic heterocycles. The van der Waals surface area contributed by atoms with Gasteiger partial charge in [-0.3, -0.25) is 14.4 Å². The van der Waals surface area contributed by atoms with Gasteiger partial charge in [0.05, 0.1) is 50.6 Å². The average molecular weight is 808 g/mol. The quantitative estimate of drug-likeness (QED) is 0.140. The van der Waals surface area contributed by atoms with Gasteiger partial charge in [-0.1, -0.05) is 12.1 Å². The summed E-state index contributed by atoms with van der Waals surface area (Å²) in [5, 5.41) is 11.4. The number of alkyl halides is 2. The summed E-state index contributed by atoms with van der Waals surface area (Å²) in [4.78, 5) is 71.6. The van der Waals surface area contributed by atoms with Gasteiger partial charge in [0.15, 0.2) is 21.2 Å². The van der Waals surface area contributed by atoms with Crippen LogP contribution >= 0.6 is 23.2 Å². The first-order valence-electron chi connectivity index (χ1n) is 17.3. The van der Waals surface area contributed by atoms with Crippen molar-refractivity contribution in [3.05, 3.63) is 115 Å². The molecule has 18 heteroatoms. The number of phenolic OH excluding ortho intramolecular Hbond substituents is 1. The molecule has 1 aliphatic carbocycles. The van der Waals surface area contributed by atoms with Crippen molar-refractivity contribution in [3.63, 3.8) is 0 Å². The van der Waals surface area contributed by atoms with E-state index < -0.39 is 62.7 Å². The number of ether oxygens (including phenoxy) is 3. The molecule has 0 unspecified atom stereocenters. The summed E-state index contributed by atoms with van der Waals surface area (Å²) >= 11 is 14.8. The van der Waals surface area contributed by atoms with Gasteiger partial charge in [0, 0.05) is 50.0 Å². The number of carbonyl (C=O) groups excluding carboxylic acids is 2. The zero-order valence-electron chi connectivity index (χ0n) is 30.3. The number of allylic oxidation sites excluding steroid dienone is 2. The van der Waals surface area contributed by atoms with Gasteiger partial charge in [-0.05, 0) is 42.0 Å². The SMILES string of the molecule is COc1cc2nc(CCn3c(=O)n4n(c3=O)[C@@H]3C[C@@]5(Cl)C(=O)N(c6ccc(F)cc6)C(=O)[C@@]5(Cl)[C@@H](c5c(O)cccc5OC)C3=CC4)c(=O)n(C)c2cc1OC. The maximum absolute atomic E-state index is 14.6. The van der Waals surface area contributed by atoms with Crippen LogP contribution in [0.3, 0.4) is 0 Å². The number of aryl methyl sites for hydroxylation is 2. The molecule has 5 aromatic rings. The highest BCUT2D eigenvalue weighted by Crippen LogP contribution is 2.65. The van der Waals surface area contributed by atoms with Gasteiger partial charge >= 0.3 is 11.4 Å². The fourth-order valence-corrected chi connectivity index (χ4v) is 9.21. The fourth-order valence-electron chi connectivity index (χ4n) is 8.31. The zero-order valence-corrected chi connectivity index (χ0v) is 31.8. The molecule has 2 fully saturated rings. The Morgan fingerprint density at radius 3 is 2.27 bits per heavy atom. The van der Waals surface area contributed by atoms with E-state index in [0.29, 0.717) is 28.1 Å². The second-order valence-corrected chi connectivity index (χ2v) is 14.9. The van der Waals surface area contributed by atoms with Crippen LogP contribution in [0, 0.1) is 5.82 Å². The van der Waals surface area contributed by atoms with Gasteiger partial charge in [-0.25, -0.2) is 37.8 Å². The molecule has 2 aliphatic heterocycles. The number of phenols is 1. The van der Waals surface area contributed by atoms with Gasteiger partial charge in [0.1, 0.15) is 23.0 Å². The van der Waals surface area contributed by atoms with Gasteiger partial charge in [0.25, 0.3) is 17.4 Å². The normalized spacial score (nSPS) is 22.8. The summed E-state index contributed by atoms with van der Waals surface area (Å²) in [5.74, 6) is -3.29. The summed E-state index contributed by atoms with van der Waals surface area (Å²) in [6, 6.07) is 11.1. The van der Waals surface area contributed by atoms with E-state index in [4.69, 9.17) is 37.4 Å². The van der Waals surface area contributed by atoms with Crippen LogP contribution in [0.2, 0.25) is 0 Å². The number of nitrogens with zero attached hydrogens (tertiary/aromatic N) is 6. The van der Waals surface area contributed by atoms with Crippen LogP contribution in [0.25, 0.3) is 11.0 Å². The minimum absolute atomic E-state index is 0.00190. The van der Waals surface area contributed by atoms with Gasteiger partial charge in [-0.15, -0.1) is 23.2 Å². The van der Waals surface area contributed by atoms with Crippen LogP contribution in [0.15, 0.2) is 80.6 Å². The van der Waals surface area contributed by atoms with Crippen LogP contribution in [0.4, 0.5) is 10.1 Å². The third kappa shape index (κ3) is 5.01. The number of methoxy groups -OCH3 is 3. The molecule has 3 aliphatic rings. The topological polar surface area (TPSA) is 169 Å². The molecule has 3 aromatic carbocycles. The Morgan fingerprint density at radius 1 is 0.911 bits per heavy atom. The Hall–Kier alpha value is -5.87. The number of hydrogen-bond acceptors (Lipinski definition) is 10. The standard InChI is InChI=1S/C38H33Cl2FN6O9/c1-43-24-17-29(56-4)28(55-3)16-23(24)42-22(32(43)49)13-14-44-35(52)45-15-12-21-25(47(45)36(44)53)18-37(39)33(50)46(20-10-8-19(41)9-11-20)34(51)38(37,40)31(21)30-26(48)6-5-7-27(30)54-2/h5-12,16-17,25,31,48H,13-15,18H2,1-4H3/t25-,31-,37-,38+/m1/s1. The van der Waals surface area contributed by atoms with Crippen molar-refractivity contribution in [1.82, 2.24) is 23.5 Å². The lowest BCUT2D eigenvalue weighted by Crippen LogP contribution is -2.59. The minimum atomic E-state index is -2.31. The Morgan fingerprint density at radius 2 is 1.59 bits per heavy atom. The number of hydrogen-bond donors (Lipinski definition) is 1. The Balaban J connectivity index is 1.24. The molecule has 8 rings (SSSR count). The molecule has 0 radical (unpaired) electrons. The maximum Gasteiger partial charge on any atom is 0.347 e. The summed E-state index contributed by atoms with van der Waals surface area (Å²) in [6.07, 6.45) is 1.08. The summed E-state index contributed by atoms with van der Waals surface area (Å²) in [7, 11) is 5.86. The highest BCUT2D eigenvalue weighted by atomic mass is 35.5. The first kappa shape index (κ1) is 37.1. The van der Waals surface area contributed by atoms with Crippen LogP contribution < -0.4 is 36.0 Å². The predicted octanol–water partition coefficient (Wildman–Crippen LogP) is 3.37. The number of aromatic nitrogens is 5. The minimum Gasteiger partial charge on any atom is -0.508 e. The number of fused-ring (bicyclic) bond motifs is 5. The van der Waals surface area contributed by atoms with E-state index in [0.717, 1.165) is 21.6 Å². The van der Waals surface area contributed by atoms with Crippen LogP contribution in [0.1, 0.15) is 29.6 Å². The van der Waals surface area contributed by atoms with Crippen molar-refractivity contribution in [2.24, 2.45) is 7.05 Å². The number of halogens is 3. The van der Waals surface area contributed by atoms with Crippen molar-refractivity contribution in [1.29, 1.82) is 0 Å². The second-order valence-electron chi connectivity index (χ2n) is 13.7. The Bertz CT molecular complexity index is 2720. The van der Waals surface area contributed by atoms with E-state index in [9.17, 15) is 33.5 Å². The van der Waals surface area contributed by atoms with E-state index >= 15 is 0 Å². The number of aromatic hydroxyl groups is 1. The van der Waals surface area contributed by atoms with Crippen molar-refractivity contribution in [2.45, 2.75) is 47.6 Å². The number of amides is 2. The van der Waals surface area contributed by atoms with Crippen molar-refractivity contribution < 1.29 is 33.3 Å². The fraction of sp³-hybridized carbons (Fsp3) is 0.316. The lowest BCUT2D eigenvalue weighted by molar-refractivity contribution is -0.122. The maximum atomic E-state index is 14.6. The predicted molar refractivity (Wildman–Crippen MR) is 202 cm³/mol.